The lowest BCUT2D eigenvalue weighted by Crippen LogP contribution is -2.45. The predicted molar refractivity (Wildman–Crippen MR) is 101 cm³/mol. The Morgan fingerprint density at radius 2 is 1.72 bits per heavy atom. The number of hydrogen-bond donors (Lipinski definition) is 2. The van der Waals surface area contributed by atoms with Gasteiger partial charge in [-0.15, -0.1) is 0 Å². The van der Waals surface area contributed by atoms with E-state index < -0.39 is 30.4 Å². The van der Waals surface area contributed by atoms with Gasteiger partial charge in [-0.3, -0.25) is 24.1 Å². The average Bonchev–Trinajstić information content (AvgIpc) is 2.96. The topological polar surface area (TPSA) is 136 Å². The maximum absolute atomic E-state index is 12.6. The minimum atomic E-state index is -1.11. The molecule has 9 heteroatoms. The summed E-state index contributed by atoms with van der Waals surface area (Å²) in [6.45, 7) is 0.787. The van der Waals surface area contributed by atoms with E-state index in [-0.39, 0.29) is 34.9 Å². The number of hydrogen-bond acceptors (Lipinski definition) is 6. The molecular formula is C20H23N3O6. The first-order chi connectivity index (χ1) is 13.8. The molecule has 2 fully saturated rings. The number of anilines is 1. The lowest BCUT2D eigenvalue weighted by molar-refractivity contribution is -0.159. The highest BCUT2D eigenvalue weighted by Gasteiger charge is 2.51. The smallest absolute Gasteiger partial charge is 0.329 e. The summed E-state index contributed by atoms with van der Waals surface area (Å²) in [4.78, 5) is 61.9. The summed E-state index contributed by atoms with van der Waals surface area (Å²) >= 11 is 0. The zero-order valence-corrected chi connectivity index (χ0v) is 16.1. The number of para-hydroxylation sites is 1. The number of nitrogens with two attached hydrogens (primary N) is 1. The van der Waals surface area contributed by atoms with E-state index in [9.17, 15) is 24.0 Å². The average molecular weight is 401 g/mol. The zero-order valence-electron chi connectivity index (χ0n) is 16.1. The van der Waals surface area contributed by atoms with Crippen molar-refractivity contribution in [2.75, 3.05) is 11.9 Å². The Morgan fingerprint density at radius 1 is 1.14 bits per heavy atom. The number of fused-ring (bicyclic) bond motifs is 1. The first kappa shape index (κ1) is 20.5. The highest BCUT2D eigenvalue weighted by molar-refractivity contribution is 6.08. The van der Waals surface area contributed by atoms with Gasteiger partial charge in [-0.05, 0) is 31.9 Å². The van der Waals surface area contributed by atoms with Crippen LogP contribution in [-0.4, -0.2) is 47.1 Å². The van der Waals surface area contributed by atoms with Gasteiger partial charge in [-0.1, -0.05) is 25.0 Å². The summed E-state index contributed by atoms with van der Waals surface area (Å²) in [6, 6.07) is 5.05. The largest absolute Gasteiger partial charge is 0.454 e. The monoisotopic (exact) mass is 401 g/mol. The zero-order chi connectivity index (χ0) is 21.1. The Morgan fingerprint density at radius 3 is 2.31 bits per heavy atom. The van der Waals surface area contributed by atoms with E-state index in [2.05, 4.69) is 5.32 Å². The van der Waals surface area contributed by atoms with E-state index in [4.69, 9.17) is 10.5 Å². The van der Waals surface area contributed by atoms with E-state index in [1.165, 1.54) is 19.1 Å². The van der Waals surface area contributed by atoms with Gasteiger partial charge >= 0.3 is 5.97 Å². The summed E-state index contributed by atoms with van der Waals surface area (Å²) in [5, 5.41) is 2.45. The van der Waals surface area contributed by atoms with Crippen LogP contribution in [0, 0.1) is 11.8 Å². The second kappa shape index (κ2) is 8.42. The van der Waals surface area contributed by atoms with Crippen molar-refractivity contribution >= 4 is 35.3 Å². The number of carbonyl (C=O) groups excluding carboxylic acids is 5. The molecule has 1 aliphatic heterocycles. The molecule has 1 aliphatic carbocycles. The Bertz CT molecular complexity index is 844. The van der Waals surface area contributed by atoms with Crippen LogP contribution in [0.3, 0.4) is 0 Å². The van der Waals surface area contributed by atoms with Crippen molar-refractivity contribution in [3.05, 3.63) is 29.8 Å². The van der Waals surface area contributed by atoms with Crippen molar-refractivity contribution in [2.24, 2.45) is 17.6 Å². The number of rotatable bonds is 6. The fourth-order valence-corrected chi connectivity index (χ4v) is 3.93. The Balaban J connectivity index is 1.58. The quantitative estimate of drug-likeness (QED) is 0.535. The van der Waals surface area contributed by atoms with Gasteiger partial charge in [0.15, 0.2) is 6.61 Å². The molecule has 3 N–H and O–H groups in total. The molecule has 4 amide bonds. The van der Waals surface area contributed by atoms with E-state index in [0.717, 1.165) is 17.7 Å². The molecule has 154 valence electrons. The van der Waals surface area contributed by atoms with Gasteiger partial charge in [-0.25, -0.2) is 4.79 Å². The number of carbonyl (C=O) groups is 5. The van der Waals surface area contributed by atoms with Crippen molar-refractivity contribution in [1.29, 1.82) is 0 Å². The predicted octanol–water partition coefficient (Wildman–Crippen LogP) is 0.831. The molecule has 1 heterocycles. The van der Waals surface area contributed by atoms with Crippen LogP contribution < -0.4 is 11.1 Å². The number of benzene rings is 1. The molecule has 0 bridgehead atoms. The van der Waals surface area contributed by atoms with Crippen LogP contribution in [0.4, 0.5) is 5.69 Å². The second-order valence-corrected chi connectivity index (χ2v) is 7.29. The molecule has 0 radical (unpaired) electrons. The first-order valence-electron chi connectivity index (χ1n) is 9.53. The molecule has 0 aromatic heterocycles. The number of amides is 4. The molecule has 3 atom stereocenters. The van der Waals surface area contributed by atoms with Crippen LogP contribution in [0.25, 0.3) is 0 Å². The number of ether oxygens (including phenoxy) is 1. The molecule has 0 unspecified atom stereocenters. The maximum Gasteiger partial charge on any atom is 0.329 e. The van der Waals surface area contributed by atoms with Crippen molar-refractivity contribution in [3.63, 3.8) is 0 Å². The van der Waals surface area contributed by atoms with Crippen LogP contribution in [0.15, 0.2) is 24.3 Å². The molecule has 1 saturated carbocycles. The minimum Gasteiger partial charge on any atom is -0.454 e. The Hall–Kier alpha value is -3.23. The van der Waals surface area contributed by atoms with E-state index >= 15 is 0 Å². The Labute approximate surface area is 167 Å². The van der Waals surface area contributed by atoms with Crippen LogP contribution in [0.2, 0.25) is 0 Å². The molecule has 1 saturated heterocycles. The fourth-order valence-electron chi connectivity index (χ4n) is 3.93. The van der Waals surface area contributed by atoms with Crippen LogP contribution in [-0.2, 0) is 23.9 Å². The molecule has 29 heavy (non-hydrogen) atoms. The highest BCUT2D eigenvalue weighted by Crippen LogP contribution is 2.38. The second-order valence-electron chi connectivity index (χ2n) is 7.29. The summed E-state index contributed by atoms with van der Waals surface area (Å²) in [7, 11) is 0. The number of nitrogens with one attached hydrogen (secondary N) is 1. The SMILES string of the molecule is C[C@@H](C(=O)OCC(=O)Nc1ccccc1C(N)=O)N1C(=O)[C@@H]2CCCC[C@H]2C1=O. The lowest BCUT2D eigenvalue weighted by Gasteiger charge is -2.21. The lowest BCUT2D eigenvalue weighted by atomic mass is 9.81. The number of primary amides is 1. The summed E-state index contributed by atoms with van der Waals surface area (Å²) < 4.78 is 4.99. The molecular weight excluding hydrogens is 378 g/mol. The van der Waals surface area contributed by atoms with Crippen molar-refractivity contribution in [2.45, 2.75) is 38.6 Å². The molecule has 0 spiro atoms. The third-order valence-electron chi connectivity index (χ3n) is 5.42. The normalized spacial score (nSPS) is 22.0. The van der Waals surface area contributed by atoms with Gasteiger partial charge in [0.05, 0.1) is 23.1 Å². The molecule has 2 aliphatic rings. The number of likely N-dealkylation sites (tertiary alicyclic amines) is 1. The van der Waals surface area contributed by atoms with Gasteiger partial charge in [0.25, 0.3) is 11.8 Å². The Kier molecular flexibility index (Phi) is 5.95. The standard InChI is InChI=1S/C20H23N3O6/c1-11(23-18(26)12-6-2-3-7-13(12)19(23)27)20(28)29-10-16(24)22-15-9-5-4-8-14(15)17(21)25/h4-5,8-9,11-13H,2-3,6-7,10H2,1H3,(H2,21,25)(H,22,24)/t11-,12+,13+/m0/s1. The summed E-state index contributed by atoms with van der Waals surface area (Å²) in [6.07, 6.45) is 3.07. The van der Waals surface area contributed by atoms with E-state index in [0.29, 0.717) is 12.8 Å². The van der Waals surface area contributed by atoms with E-state index in [1.54, 1.807) is 12.1 Å². The van der Waals surface area contributed by atoms with Gasteiger partial charge < -0.3 is 15.8 Å². The number of nitrogens with zero attached hydrogens (tertiary/aromatic N) is 1. The third-order valence-corrected chi connectivity index (χ3v) is 5.42. The third kappa shape index (κ3) is 4.13. The number of esters is 1. The van der Waals surface area contributed by atoms with E-state index in [1.807, 2.05) is 0 Å². The summed E-state index contributed by atoms with van der Waals surface area (Å²) in [5.74, 6) is -3.64. The van der Waals surface area contributed by atoms with Gasteiger partial charge in [0.2, 0.25) is 11.8 Å². The van der Waals surface area contributed by atoms with Gasteiger partial charge in [-0.2, -0.15) is 0 Å². The minimum absolute atomic E-state index is 0.122. The first-order valence-corrected chi connectivity index (χ1v) is 9.53. The maximum atomic E-state index is 12.6. The van der Waals surface area contributed by atoms with Crippen LogP contribution in [0.1, 0.15) is 43.0 Å². The fraction of sp³-hybridized carbons (Fsp3) is 0.450. The molecule has 9 nitrogen and oxygen atoms in total. The van der Waals surface area contributed by atoms with Crippen LogP contribution >= 0.6 is 0 Å². The van der Waals surface area contributed by atoms with Crippen molar-refractivity contribution in [3.8, 4) is 0 Å². The van der Waals surface area contributed by atoms with Gasteiger partial charge in [0, 0.05) is 0 Å². The van der Waals surface area contributed by atoms with Crippen molar-refractivity contribution < 1.29 is 28.7 Å². The number of imide groups is 1. The highest BCUT2D eigenvalue weighted by atomic mass is 16.5. The van der Waals surface area contributed by atoms with Crippen molar-refractivity contribution in [1.82, 2.24) is 4.90 Å². The molecule has 1 aromatic carbocycles. The van der Waals surface area contributed by atoms with Gasteiger partial charge in [0.1, 0.15) is 6.04 Å². The molecule has 3 rings (SSSR count). The summed E-state index contributed by atoms with van der Waals surface area (Å²) in [5.41, 5.74) is 5.57. The van der Waals surface area contributed by atoms with Crippen LogP contribution in [0.5, 0.6) is 0 Å². The molecule has 1 aromatic rings.